The number of nitriles is 1. The first-order chi connectivity index (χ1) is 4.95. The van der Waals surface area contributed by atoms with Crippen molar-refractivity contribution in [2.75, 3.05) is 6.61 Å². The molecule has 1 atom stereocenters. The number of ether oxygens (including phenoxy) is 1. The van der Waals surface area contributed by atoms with E-state index >= 15 is 0 Å². The molecule has 0 saturated carbocycles. The van der Waals surface area contributed by atoms with Crippen LogP contribution in [0.2, 0.25) is 0 Å². The Bertz CT molecular complexity index is 149. The Hall–Kier alpha value is -0.760. The molecule has 0 aromatic rings. The van der Waals surface area contributed by atoms with Crippen LogP contribution >= 0.6 is 0 Å². The lowest BCUT2D eigenvalue weighted by Gasteiger charge is -2.07. The molecule has 0 radical (unpaired) electrons. The molecule has 11 heavy (non-hydrogen) atoms. The molecule has 0 N–H and O–H groups in total. The fourth-order valence-corrected chi connectivity index (χ4v) is 0.389. The van der Waals surface area contributed by atoms with Crippen LogP contribution in [0.3, 0.4) is 0 Å². The number of alkyl halides is 3. The zero-order chi connectivity index (χ0) is 8.91. The first kappa shape index (κ1) is 10.2. The van der Waals surface area contributed by atoms with Crippen molar-refractivity contribution in [2.24, 2.45) is 0 Å². The summed E-state index contributed by atoms with van der Waals surface area (Å²) in [7, 11) is 0. The minimum atomic E-state index is -4.20. The van der Waals surface area contributed by atoms with E-state index in [-0.39, 0.29) is 0 Å². The van der Waals surface area contributed by atoms with Gasteiger partial charge in [-0.3, -0.25) is 0 Å². The zero-order valence-corrected chi connectivity index (χ0v) is 5.98. The summed E-state index contributed by atoms with van der Waals surface area (Å²) < 4.78 is 38.8. The molecule has 2 nitrogen and oxygen atoms in total. The average molecular weight is 167 g/mol. The van der Waals surface area contributed by atoms with Crippen LogP contribution in [0, 0.1) is 11.3 Å². The van der Waals surface area contributed by atoms with E-state index in [0.717, 1.165) is 0 Å². The van der Waals surface area contributed by atoms with E-state index in [4.69, 9.17) is 5.26 Å². The van der Waals surface area contributed by atoms with E-state index in [2.05, 4.69) is 4.74 Å². The molecule has 0 heterocycles. The minimum Gasteiger partial charge on any atom is -0.363 e. The summed E-state index contributed by atoms with van der Waals surface area (Å²) in [4.78, 5) is 0. The van der Waals surface area contributed by atoms with E-state index in [1.807, 2.05) is 0 Å². The molecule has 64 valence electrons. The second-order valence-electron chi connectivity index (χ2n) is 2.01. The first-order valence-electron chi connectivity index (χ1n) is 3.03. The Labute approximate surface area is 62.6 Å². The molecule has 0 aromatic carbocycles. The lowest BCUT2D eigenvalue weighted by Crippen LogP contribution is -2.14. The predicted octanol–water partition coefficient (Wildman–Crippen LogP) is 1.87. The van der Waals surface area contributed by atoms with E-state index in [0.29, 0.717) is 0 Å². The third-order valence-electron chi connectivity index (χ3n) is 0.935. The van der Waals surface area contributed by atoms with E-state index in [9.17, 15) is 13.2 Å². The summed E-state index contributed by atoms with van der Waals surface area (Å²) in [6, 6.07) is 1.66. The SMILES string of the molecule is CC(C#N)OCCC(F)(F)F. The van der Waals surface area contributed by atoms with Gasteiger partial charge in [-0.15, -0.1) is 0 Å². The second-order valence-corrected chi connectivity index (χ2v) is 2.01. The van der Waals surface area contributed by atoms with Crippen molar-refractivity contribution < 1.29 is 17.9 Å². The van der Waals surface area contributed by atoms with Gasteiger partial charge in [0.15, 0.2) is 0 Å². The molecular formula is C6H8F3NO. The molecule has 0 amide bonds. The van der Waals surface area contributed by atoms with E-state index in [1.165, 1.54) is 6.92 Å². The summed E-state index contributed by atoms with van der Waals surface area (Å²) in [6.45, 7) is 0.953. The van der Waals surface area contributed by atoms with Gasteiger partial charge >= 0.3 is 6.18 Å². The summed E-state index contributed by atoms with van der Waals surface area (Å²) >= 11 is 0. The van der Waals surface area contributed by atoms with Crippen LogP contribution in [0.1, 0.15) is 13.3 Å². The maximum absolute atomic E-state index is 11.4. The Morgan fingerprint density at radius 1 is 1.55 bits per heavy atom. The van der Waals surface area contributed by atoms with Crippen molar-refractivity contribution in [3.05, 3.63) is 0 Å². The maximum Gasteiger partial charge on any atom is 0.391 e. The highest BCUT2D eigenvalue weighted by molar-refractivity contribution is 4.78. The lowest BCUT2D eigenvalue weighted by atomic mass is 10.4. The quantitative estimate of drug-likeness (QED) is 0.642. The van der Waals surface area contributed by atoms with Crippen LogP contribution in [0.4, 0.5) is 13.2 Å². The van der Waals surface area contributed by atoms with Crippen LogP contribution < -0.4 is 0 Å². The minimum absolute atomic E-state index is 0.446. The lowest BCUT2D eigenvalue weighted by molar-refractivity contribution is -0.146. The van der Waals surface area contributed by atoms with Gasteiger partial charge in [-0.2, -0.15) is 18.4 Å². The molecule has 0 aliphatic heterocycles. The monoisotopic (exact) mass is 167 g/mol. The molecule has 0 aliphatic rings. The molecule has 0 spiro atoms. The Kier molecular flexibility index (Phi) is 3.90. The molecule has 0 aromatic heterocycles. The highest BCUT2D eigenvalue weighted by Crippen LogP contribution is 2.19. The Morgan fingerprint density at radius 2 is 2.09 bits per heavy atom. The van der Waals surface area contributed by atoms with Crippen molar-refractivity contribution in [2.45, 2.75) is 25.6 Å². The third kappa shape index (κ3) is 7.13. The number of hydrogen-bond donors (Lipinski definition) is 0. The van der Waals surface area contributed by atoms with Gasteiger partial charge in [-0.1, -0.05) is 0 Å². The first-order valence-corrected chi connectivity index (χ1v) is 3.03. The summed E-state index contributed by atoms with van der Waals surface area (Å²) in [5.74, 6) is 0. The predicted molar refractivity (Wildman–Crippen MR) is 31.7 cm³/mol. The van der Waals surface area contributed by atoms with Gasteiger partial charge in [-0.25, -0.2) is 0 Å². The summed E-state index contributed by atoms with van der Waals surface area (Å²) in [6.07, 6.45) is -5.97. The third-order valence-corrected chi connectivity index (χ3v) is 0.935. The van der Waals surface area contributed by atoms with Crippen LogP contribution in [0.5, 0.6) is 0 Å². The highest BCUT2D eigenvalue weighted by atomic mass is 19.4. The molecule has 5 heteroatoms. The van der Waals surface area contributed by atoms with Crippen LogP contribution in [0.15, 0.2) is 0 Å². The number of halogens is 3. The normalized spacial score (nSPS) is 14.1. The summed E-state index contributed by atoms with van der Waals surface area (Å²) in [5, 5.41) is 8.11. The number of rotatable bonds is 3. The zero-order valence-electron chi connectivity index (χ0n) is 5.98. The fourth-order valence-electron chi connectivity index (χ4n) is 0.389. The Morgan fingerprint density at radius 3 is 2.45 bits per heavy atom. The second kappa shape index (κ2) is 4.19. The smallest absolute Gasteiger partial charge is 0.363 e. The van der Waals surface area contributed by atoms with Gasteiger partial charge in [0, 0.05) is 0 Å². The average Bonchev–Trinajstić information content (AvgIpc) is 1.85. The molecule has 0 rings (SSSR count). The number of nitrogens with zero attached hydrogens (tertiary/aromatic N) is 1. The van der Waals surface area contributed by atoms with Gasteiger partial charge in [-0.05, 0) is 6.92 Å². The van der Waals surface area contributed by atoms with Crippen molar-refractivity contribution in [1.29, 1.82) is 5.26 Å². The molecule has 0 saturated heterocycles. The van der Waals surface area contributed by atoms with Crippen LogP contribution in [-0.2, 0) is 4.74 Å². The largest absolute Gasteiger partial charge is 0.391 e. The van der Waals surface area contributed by atoms with Crippen LogP contribution in [0.25, 0.3) is 0 Å². The molecule has 1 unspecified atom stereocenters. The summed E-state index contributed by atoms with van der Waals surface area (Å²) in [5.41, 5.74) is 0. The van der Waals surface area contributed by atoms with Crippen LogP contribution in [-0.4, -0.2) is 18.9 Å². The van der Waals surface area contributed by atoms with Crippen molar-refractivity contribution in [1.82, 2.24) is 0 Å². The van der Waals surface area contributed by atoms with Crippen molar-refractivity contribution in [3.8, 4) is 6.07 Å². The van der Waals surface area contributed by atoms with Crippen molar-refractivity contribution in [3.63, 3.8) is 0 Å². The molecule has 0 fully saturated rings. The van der Waals surface area contributed by atoms with Gasteiger partial charge in [0.05, 0.1) is 19.1 Å². The Balaban J connectivity index is 3.37. The van der Waals surface area contributed by atoms with Gasteiger partial charge in [0.2, 0.25) is 0 Å². The molecule has 0 aliphatic carbocycles. The highest BCUT2D eigenvalue weighted by Gasteiger charge is 2.26. The topological polar surface area (TPSA) is 33.0 Å². The maximum atomic E-state index is 11.4. The number of hydrogen-bond acceptors (Lipinski definition) is 2. The van der Waals surface area contributed by atoms with Gasteiger partial charge in [0.1, 0.15) is 6.10 Å². The fraction of sp³-hybridized carbons (Fsp3) is 0.833. The van der Waals surface area contributed by atoms with E-state index < -0.39 is 25.3 Å². The molecular weight excluding hydrogens is 159 g/mol. The van der Waals surface area contributed by atoms with Crippen molar-refractivity contribution >= 4 is 0 Å². The van der Waals surface area contributed by atoms with Gasteiger partial charge in [0.25, 0.3) is 0 Å². The van der Waals surface area contributed by atoms with E-state index in [1.54, 1.807) is 6.07 Å². The molecule has 0 bridgehead atoms. The van der Waals surface area contributed by atoms with Gasteiger partial charge < -0.3 is 4.74 Å². The standard InChI is InChI=1S/C6H8F3NO/c1-5(4-10)11-3-2-6(7,8)9/h5H,2-3H2,1H3.